The van der Waals surface area contributed by atoms with Crippen molar-refractivity contribution in [3.63, 3.8) is 0 Å². The number of sulfone groups is 1. The number of ether oxygens (including phenoxy) is 1. The van der Waals surface area contributed by atoms with Gasteiger partial charge in [-0.05, 0) is 31.4 Å². The molecule has 1 aliphatic heterocycles. The highest BCUT2D eigenvalue weighted by molar-refractivity contribution is 7.91. The molecule has 116 valence electrons. The van der Waals surface area contributed by atoms with E-state index in [4.69, 9.17) is 16.3 Å². The molecule has 1 saturated carbocycles. The first-order chi connectivity index (χ1) is 9.83. The molecule has 1 aromatic heterocycles. The average Bonchev–Trinajstić information content (AvgIpc) is 3.19. The lowest BCUT2D eigenvalue weighted by Crippen LogP contribution is -2.44. The summed E-state index contributed by atoms with van der Waals surface area (Å²) in [6.07, 6.45) is 2.45. The molecular weight excluding hydrogens is 314 g/mol. The molecule has 0 radical (unpaired) electrons. The quantitative estimate of drug-likeness (QED) is 0.779. The van der Waals surface area contributed by atoms with Crippen molar-refractivity contribution in [2.45, 2.75) is 30.6 Å². The summed E-state index contributed by atoms with van der Waals surface area (Å²) < 4.78 is 28.6. The van der Waals surface area contributed by atoms with Crippen molar-refractivity contribution in [3.8, 4) is 0 Å². The van der Waals surface area contributed by atoms with Crippen molar-refractivity contribution < 1.29 is 13.2 Å². The Hall–Kier alpha value is -0.920. The molecule has 0 bridgehead atoms. The van der Waals surface area contributed by atoms with Crippen LogP contribution in [-0.2, 0) is 19.3 Å². The molecule has 0 amide bonds. The van der Waals surface area contributed by atoms with Gasteiger partial charge in [0.05, 0.1) is 24.9 Å². The fourth-order valence-electron chi connectivity index (χ4n) is 2.78. The third kappa shape index (κ3) is 2.62. The Morgan fingerprint density at radius 2 is 2.14 bits per heavy atom. The number of hydrogen-bond donors (Lipinski definition) is 0. The van der Waals surface area contributed by atoms with E-state index in [9.17, 15) is 8.42 Å². The Bertz CT molecular complexity index is 661. The first-order valence-corrected chi connectivity index (χ1v) is 9.19. The summed E-state index contributed by atoms with van der Waals surface area (Å²) in [5.41, 5.74) is 0.513. The second kappa shape index (κ2) is 5.07. The Morgan fingerprint density at radius 1 is 1.43 bits per heavy atom. The lowest BCUT2D eigenvalue weighted by atomic mass is 10.2. The molecule has 2 fully saturated rings. The zero-order valence-electron chi connectivity index (χ0n) is 12.0. The molecule has 6 nitrogen and oxygen atoms in total. The smallest absolute Gasteiger partial charge is 0.224 e. The summed E-state index contributed by atoms with van der Waals surface area (Å²) >= 11 is 6.03. The number of hydrogen-bond acceptors (Lipinski definition) is 6. The van der Waals surface area contributed by atoms with Crippen molar-refractivity contribution in [1.29, 1.82) is 0 Å². The fraction of sp³-hybridized carbons (Fsp3) is 0.692. The number of aromatic nitrogens is 2. The van der Waals surface area contributed by atoms with Crippen LogP contribution < -0.4 is 4.90 Å². The molecule has 2 heterocycles. The van der Waals surface area contributed by atoms with Gasteiger partial charge in [0.1, 0.15) is 10.6 Å². The molecule has 2 aliphatic rings. The van der Waals surface area contributed by atoms with E-state index in [2.05, 4.69) is 14.9 Å². The lowest BCUT2D eigenvalue weighted by Gasteiger charge is -2.34. The third-order valence-electron chi connectivity index (χ3n) is 4.23. The molecule has 3 rings (SSSR count). The normalized spacial score (nSPS) is 24.9. The molecule has 1 aliphatic carbocycles. The van der Waals surface area contributed by atoms with Gasteiger partial charge in [0.25, 0.3) is 0 Å². The van der Waals surface area contributed by atoms with E-state index in [0.29, 0.717) is 44.1 Å². The fourth-order valence-corrected chi connectivity index (χ4v) is 4.29. The number of halogens is 1. The van der Waals surface area contributed by atoms with E-state index in [-0.39, 0.29) is 11.3 Å². The predicted molar refractivity (Wildman–Crippen MR) is 80.4 cm³/mol. The van der Waals surface area contributed by atoms with Crippen molar-refractivity contribution in [2.75, 3.05) is 30.9 Å². The number of nitrogens with zero attached hydrogens (tertiary/aromatic N) is 3. The molecule has 1 atom stereocenters. The van der Waals surface area contributed by atoms with Crippen LogP contribution in [0.25, 0.3) is 0 Å². The Labute approximate surface area is 129 Å². The zero-order valence-corrected chi connectivity index (χ0v) is 13.6. The third-order valence-corrected chi connectivity index (χ3v) is 6.43. The van der Waals surface area contributed by atoms with Gasteiger partial charge in [-0.25, -0.2) is 18.4 Å². The van der Waals surface area contributed by atoms with E-state index in [0.717, 1.165) is 0 Å². The monoisotopic (exact) mass is 331 g/mol. The van der Waals surface area contributed by atoms with E-state index < -0.39 is 14.6 Å². The minimum atomic E-state index is -3.21. The number of morpholine rings is 1. The maximum atomic E-state index is 12.0. The van der Waals surface area contributed by atoms with E-state index >= 15 is 0 Å². The lowest BCUT2D eigenvalue weighted by molar-refractivity contribution is 0.0985. The molecule has 0 N–H and O–H groups in total. The highest BCUT2D eigenvalue weighted by atomic mass is 35.5. The van der Waals surface area contributed by atoms with Gasteiger partial charge < -0.3 is 9.64 Å². The van der Waals surface area contributed by atoms with E-state index in [1.807, 2.05) is 6.92 Å². The Morgan fingerprint density at radius 3 is 2.71 bits per heavy atom. The van der Waals surface area contributed by atoms with Gasteiger partial charge in [-0.3, -0.25) is 0 Å². The molecule has 21 heavy (non-hydrogen) atoms. The van der Waals surface area contributed by atoms with Crippen molar-refractivity contribution >= 4 is 27.3 Å². The number of anilines is 1. The predicted octanol–water partition coefficient (Wildman–Crippen LogP) is 1.39. The Kier molecular flexibility index (Phi) is 3.62. The van der Waals surface area contributed by atoms with Crippen LogP contribution in [0.3, 0.4) is 0 Å². The standard InChI is InChI=1S/C13H18ClN3O3S/c1-9-8-20-6-5-17(9)11-7-10(15-12(14)16-11)13(3-4-13)21(2,18)19/h7,9H,3-6,8H2,1-2H3/t9-/m0/s1. The van der Waals surface area contributed by atoms with Crippen LogP contribution in [-0.4, -0.2) is 50.4 Å². The molecule has 8 heteroatoms. The molecule has 1 aromatic rings. The largest absolute Gasteiger partial charge is 0.377 e. The van der Waals surface area contributed by atoms with Gasteiger partial charge in [0, 0.05) is 18.9 Å². The first kappa shape index (κ1) is 15.0. The molecule has 0 unspecified atom stereocenters. The first-order valence-electron chi connectivity index (χ1n) is 6.92. The van der Waals surface area contributed by atoms with Gasteiger partial charge in [-0.2, -0.15) is 0 Å². The van der Waals surface area contributed by atoms with E-state index in [1.165, 1.54) is 6.26 Å². The second-order valence-corrected chi connectivity index (χ2v) is 8.43. The van der Waals surface area contributed by atoms with Crippen LogP contribution >= 0.6 is 11.6 Å². The SMILES string of the molecule is C[C@H]1COCCN1c1cc(C2(S(C)(=O)=O)CC2)nc(Cl)n1. The maximum Gasteiger partial charge on any atom is 0.224 e. The highest BCUT2D eigenvalue weighted by Crippen LogP contribution is 2.52. The van der Waals surface area contributed by atoms with Gasteiger partial charge in [0.15, 0.2) is 9.84 Å². The van der Waals surface area contributed by atoms with Crippen LogP contribution in [0.1, 0.15) is 25.5 Å². The van der Waals surface area contributed by atoms with Crippen LogP contribution in [0.2, 0.25) is 5.28 Å². The zero-order chi connectivity index (χ0) is 15.3. The Balaban J connectivity index is 2.01. The summed E-state index contributed by atoms with van der Waals surface area (Å²) in [7, 11) is -3.21. The van der Waals surface area contributed by atoms with Gasteiger partial charge in [-0.1, -0.05) is 0 Å². The van der Waals surface area contributed by atoms with Crippen LogP contribution in [0, 0.1) is 0 Å². The van der Waals surface area contributed by atoms with Gasteiger partial charge in [-0.15, -0.1) is 0 Å². The second-order valence-electron chi connectivity index (χ2n) is 5.76. The van der Waals surface area contributed by atoms with Gasteiger partial charge >= 0.3 is 0 Å². The van der Waals surface area contributed by atoms with Crippen LogP contribution in [0.4, 0.5) is 5.82 Å². The summed E-state index contributed by atoms with van der Waals surface area (Å²) in [5, 5.41) is 0.0936. The van der Waals surface area contributed by atoms with E-state index in [1.54, 1.807) is 6.07 Å². The van der Waals surface area contributed by atoms with Crippen LogP contribution in [0.15, 0.2) is 6.07 Å². The van der Waals surface area contributed by atoms with Crippen LogP contribution in [0.5, 0.6) is 0 Å². The van der Waals surface area contributed by atoms with Gasteiger partial charge in [0.2, 0.25) is 5.28 Å². The van der Waals surface area contributed by atoms with Crippen molar-refractivity contribution in [1.82, 2.24) is 9.97 Å². The molecular formula is C13H18ClN3O3S. The van der Waals surface area contributed by atoms with Crippen molar-refractivity contribution in [3.05, 3.63) is 17.0 Å². The minimum absolute atomic E-state index is 0.0936. The van der Waals surface area contributed by atoms with Crippen molar-refractivity contribution in [2.24, 2.45) is 0 Å². The molecule has 0 aromatic carbocycles. The molecule has 0 spiro atoms. The summed E-state index contributed by atoms with van der Waals surface area (Å²) in [6.45, 7) is 3.99. The maximum absolute atomic E-state index is 12.0. The topological polar surface area (TPSA) is 72.4 Å². The number of rotatable bonds is 3. The average molecular weight is 332 g/mol. The summed E-state index contributed by atoms with van der Waals surface area (Å²) in [6, 6.07) is 1.94. The molecule has 1 saturated heterocycles. The summed E-state index contributed by atoms with van der Waals surface area (Å²) in [5.74, 6) is 0.677. The highest BCUT2D eigenvalue weighted by Gasteiger charge is 2.55. The minimum Gasteiger partial charge on any atom is -0.377 e. The summed E-state index contributed by atoms with van der Waals surface area (Å²) in [4.78, 5) is 10.5.